The zero-order valence-corrected chi connectivity index (χ0v) is 17.3. The van der Waals surface area contributed by atoms with Crippen LogP contribution in [-0.2, 0) is 4.74 Å². The number of hydrogen-bond acceptors (Lipinski definition) is 3. The summed E-state index contributed by atoms with van der Waals surface area (Å²) in [5.74, 6) is 5.88. The minimum atomic E-state index is -0.495. The summed E-state index contributed by atoms with van der Waals surface area (Å²) >= 11 is 6.15. The SMILES string of the molecule is Cc1cc(C#CCNC(=O)OCC2c3ccccc3-c3ccccc32)c(Cl)cc1N. The molecule has 0 fully saturated rings. The van der Waals surface area contributed by atoms with Crippen molar-refractivity contribution >= 4 is 23.4 Å². The number of fused-ring (bicyclic) bond motifs is 3. The summed E-state index contributed by atoms with van der Waals surface area (Å²) in [7, 11) is 0. The van der Waals surface area contributed by atoms with Gasteiger partial charge in [-0.3, -0.25) is 0 Å². The Morgan fingerprint density at radius 2 is 1.73 bits per heavy atom. The fourth-order valence-electron chi connectivity index (χ4n) is 3.70. The molecule has 0 bridgehead atoms. The van der Waals surface area contributed by atoms with Crippen LogP contribution < -0.4 is 11.1 Å². The molecule has 1 aliphatic rings. The second kappa shape index (κ2) is 8.52. The van der Waals surface area contributed by atoms with Gasteiger partial charge in [-0.05, 0) is 46.9 Å². The first kappa shape index (κ1) is 19.9. The molecule has 0 spiro atoms. The van der Waals surface area contributed by atoms with Gasteiger partial charge in [-0.15, -0.1) is 0 Å². The Morgan fingerprint density at radius 3 is 2.40 bits per heavy atom. The zero-order valence-electron chi connectivity index (χ0n) is 16.5. The van der Waals surface area contributed by atoms with Gasteiger partial charge in [0.15, 0.2) is 0 Å². The van der Waals surface area contributed by atoms with Gasteiger partial charge in [0, 0.05) is 17.2 Å². The van der Waals surface area contributed by atoms with Crippen LogP contribution in [0.4, 0.5) is 10.5 Å². The molecule has 3 aromatic rings. The number of carbonyl (C=O) groups excluding carboxylic acids is 1. The van der Waals surface area contributed by atoms with Crippen LogP contribution in [0.3, 0.4) is 0 Å². The van der Waals surface area contributed by atoms with Crippen molar-refractivity contribution in [3.63, 3.8) is 0 Å². The van der Waals surface area contributed by atoms with Gasteiger partial charge in [0.2, 0.25) is 0 Å². The number of rotatable bonds is 3. The van der Waals surface area contributed by atoms with Crippen molar-refractivity contribution in [2.45, 2.75) is 12.8 Å². The second-order valence-electron chi connectivity index (χ2n) is 7.17. The number of anilines is 1. The second-order valence-corrected chi connectivity index (χ2v) is 7.58. The first-order valence-corrected chi connectivity index (χ1v) is 10.1. The zero-order chi connectivity index (χ0) is 21.1. The monoisotopic (exact) mass is 416 g/mol. The molecule has 5 heteroatoms. The Labute approximate surface area is 181 Å². The average Bonchev–Trinajstić information content (AvgIpc) is 3.07. The van der Waals surface area contributed by atoms with Crippen LogP contribution in [0.5, 0.6) is 0 Å². The van der Waals surface area contributed by atoms with Gasteiger partial charge in [0.05, 0.1) is 11.6 Å². The Bertz CT molecular complexity index is 1130. The Hall–Kier alpha value is -3.42. The number of ether oxygens (including phenoxy) is 1. The molecule has 0 unspecified atom stereocenters. The fraction of sp³-hybridized carbons (Fsp3) is 0.160. The molecule has 0 aliphatic heterocycles. The van der Waals surface area contributed by atoms with Crippen LogP contribution in [0.2, 0.25) is 5.02 Å². The lowest BCUT2D eigenvalue weighted by molar-refractivity contribution is 0.144. The maximum Gasteiger partial charge on any atom is 0.407 e. The Morgan fingerprint density at radius 1 is 1.10 bits per heavy atom. The number of nitrogens with two attached hydrogens (primary N) is 1. The molecule has 3 aromatic carbocycles. The molecule has 150 valence electrons. The van der Waals surface area contributed by atoms with Gasteiger partial charge in [0.1, 0.15) is 6.61 Å². The van der Waals surface area contributed by atoms with Crippen LogP contribution in [0.15, 0.2) is 60.7 Å². The number of nitrogen functional groups attached to an aromatic ring is 1. The molecule has 1 amide bonds. The number of alkyl carbamates (subject to hydrolysis) is 1. The summed E-state index contributed by atoms with van der Waals surface area (Å²) in [6, 6.07) is 20.0. The first-order valence-electron chi connectivity index (χ1n) is 9.68. The number of amides is 1. The van der Waals surface area contributed by atoms with E-state index >= 15 is 0 Å². The van der Waals surface area contributed by atoms with Gasteiger partial charge in [-0.25, -0.2) is 4.79 Å². The molecule has 0 saturated heterocycles. The third-order valence-corrected chi connectivity index (χ3v) is 5.56. The van der Waals surface area contributed by atoms with E-state index < -0.39 is 6.09 Å². The lowest BCUT2D eigenvalue weighted by Gasteiger charge is -2.14. The summed E-state index contributed by atoms with van der Waals surface area (Å²) in [6.07, 6.45) is -0.495. The third-order valence-electron chi connectivity index (χ3n) is 5.24. The van der Waals surface area contributed by atoms with E-state index in [1.54, 1.807) is 6.07 Å². The lowest BCUT2D eigenvalue weighted by Crippen LogP contribution is -2.26. The minimum absolute atomic E-state index is 0.0331. The van der Waals surface area contributed by atoms with Gasteiger partial charge >= 0.3 is 6.09 Å². The molecular weight excluding hydrogens is 396 g/mol. The van der Waals surface area contributed by atoms with E-state index in [0.29, 0.717) is 16.3 Å². The highest BCUT2D eigenvalue weighted by molar-refractivity contribution is 6.32. The van der Waals surface area contributed by atoms with Crippen molar-refractivity contribution in [1.29, 1.82) is 0 Å². The van der Waals surface area contributed by atoms with E-state index in [4.69, 9.17) is 22.1 Å². The van der Waals surface area contributed by atoms with Crippen LogP contribution in [0.25, 0.3) is 11.1 Å². The van der Waals surface area contributed by atoms with Crippen molar-refractivity contribution in [2.75, 3.05) is 18.9 Å². The molecule has 3 N–H and O–H groups in total. The number of hydrogen-bond donors (Lipinski definition) is 2. The van der Waals surface area contributed by atoms with Crippen molar-refractivity contribution in [1.82, 2.24) is 5.32 Å². The molecule has 4 rings (SSSR count). The fourth-order valence-corrected chi connectivity index (χ4v) is 3.92. The maximum absolute atomic E-state index is 12.2. The number of carbonyl (C=O) groups is 1. The first-order chi connectivity index (χ1) is 14.5. The van der Waals surface area contributed by atoms with Gasteiger partial charge < -0.3 is 15.8 Å². The van der Waals surface area contributed by atoms with E-state index in [-0.39, 0.29) is 19.1 Å². The third kappa shape index (κ3) is 3.98. The largest absolute Gasteiger partial charge is 0.449 e. The van der Waals surface area contributed by atoms with Crippen molar-refractivity contribution in [2.24, 2.45) is 0 Å². The molecular formula is C25H21ClN2O2. The molecule has 0 radical (unpaired) electrons. The highest BCUT2D eigenvalue weighted by atomic mass is 35.5. The summed E-state index contributed by atoms with van der Waals surface area (Å²) in [4.78, 5) is 12.2. The summed E-state index contributed by atoms with van der Waals surface area (Å²) < 4.78 is 5.49. The molecule has 0 aromatic heterocycles. The van der Waals surface area contributed by atoms with E-state index in [1.807, 2.05) is 37.3 Å². The highest BCUT2D eigenvalue weighted by Crippen LogP contribution is 2.44. The van der Waals surface area contributed by atoms with Crippen molar-refractivity contribution in [3.05, 3.63) is 87.9 Å². The van der Waals surface area contributed by atoms with E-state index in [0.717, 1.165) is 5.56 Å². The van der Waals surface area contributed by atoms with E-state index in [9.17, 15) is 4.79 Å². The Kier molecular flexibility index (Phi) is 5.65. The molecule has 30 heavy (non-hydrogen) atoms. The van der Waals surface area contributed by atoms with Crippen LogP contribution in [0.1, 0.15) is 28.2 Å². The van der Waals surface area contributed by atoms with Crippen molar-refractivity contribution < 1.29 is 9.53 Å². The van der Waals surface area contributed by atoms with Crippen LogP contribution in [-0.4, -0.2) is 19.2 Å². The lowest BCUT2D eigenvalue weighted by atomic mass is 9.98. The van der Waals surface area contributed by atoms with E-state index in [1.165, 1.54) is 22.3 Å². The molecule has 4 nitrogen and oxygen atoms in total. The van der Waals surface area contributed by atoms with Gasteiger partial charge in [-0.2, -0.15) is 0 Å². The number of halogens is 1. The number of aryl methyl sites for hydroxylation is 1. The van der Waals surface area contributed by atoms with Gasteiger partial charge in [-0.1, -0.05) is 72.0 Å². The molecule has 0 heterocycles. The standard InChI is InChI=1S/C25H21ClN2O2/c1-16-13-17(23(26)14-24(16)27)7-6-12-28-25(29)30-15-22-20-10-4-2-8-18(20)19-9-3-5-11-21(19)22/h2-5,8-11,13-14,22H,12,15,27H2,1H3,(H,28,29). The smallest absolute Gasteiger partial charge is 0.407 e. The predicted octanol–water partition coefficient (Wildman–Crippen LogP) is 5.12. The molecule has 0 saturated carbocycles. The van der Waals surface area contributed by atoms with E-state index in [2.05, 4.69) is 41.4 Å². The topological polar surface area (TPSA) is 64.3 Å². The molecule has 1 aliphatic carbocycles. The summed E-state index contributed by atoms with van der Waals surface area (Å²) in [6.45, 7) is 2.33. The normalized spacial score (nSPS) is 11.8. The number of benzene rings is 3. The van der Waals surface area contributed by atoms with Crippen molar-refractivity contribution in [3.8, 4) is 23.0 Å². The summed E-state index contributed by atoms with van der Waals surface area (Å²) in [5, 5.41) is 3.16. The minimum Gasteiger partial charge on any atom is -0.449 e. The highest BCUT2D eigenvalue weighted by Gasteiger charge is 2.28. The van der Waals surface area contributed by atoms with Crippen LogP contribution in [0, 0.1) is 18.8 Å². The maximum atomic E-state index is 12.2. The predicted molar refractivity (Wildman–Crippen MR) is 121 cm³/mol. The average molecular weight is 417 g/mol. The Balaban J connectivity index is 1.36. The summed E-state index contributed by atoms with van der Waals surface area (Å²) in [5.41, 5.74) is 12.8. The number of nitrogens with one attached hydrogen (secondary N) is 1. The van der Waals surface area contributed by atoms with Gasteiger partial charge in [0.25, 0.3) is 0 Å². The molecule has 0 atom stereocenters. The quantitative estimate of drug-likeness (QED) is 0.460. The van der Waals surface area contributed by atoms with Crippen LogP contribution >= 0.6 is 11.6 Å².